The molecule has 0 saturated heterocycles. The molecule has 0 heterocycles. The maximum atomic E-state index is 3.70. The van der Waals surface area contributed by atoms with Crippen LogP contribution in [0.15, 0.2) is 0 Å². The number of alkyl halides is 2. The highest BCUT2D eigenvalue weighted by Crippen LogP contribution is 2.67. The fraction of sp³-hybridized carbons (Fsp3) is 1.00. The third-order valence-corrected chi connectivity index (χ3v) is 5.00. The molecule has 2 heteroatoms. The van der Waals surface area contributed by atoms with Crippen LogP contribution in [-0.4, -0.2) is 3.23 Å². The highest BCUT2D eigenvalue weighted by molar-refractivity contribution is 9.25. The predicted molar refractivity (Wildman–Crippen MR) is 46.0 cm³/mol. The van der Waals surface area contributed by atoms with Gasteiger partial charge >= 0.3 is 0 Å². The molecule has 0 bridgehead atoms. The van der Waals surface area contributed by atoms with Gasteiger partial charge in [0.25, 0.3) is 0 Å². The fourth-order valence-electron chi connectivity index (χ4n) is 1.98. The van der Waals surface area contributed by atoms with Crippen LogP contribution in [0.3, 0.4) is 0 Å². The van der Waals surface area contributed by atoms with E-state index in [1.165, 1.54) is 25.7 Å². The molecule has 0 amide bonds. The van der Waals surface area contributed by atoms with Gasteiger partial charge in [0.1, 0.15) is 0 Å². The van der Waals surface area contributed by atoms with Gasteiger partial charge in [0.15, 0.2) is 0 Å². The average Bonchev–Trinajstić information content (AvgIpc) is 2.39. The zero-order valence-electron chi connectivity index (χ0n) is 5.24. The summed E-state index contributed by atoms with van der Waals surface area (Å²) in [5.41, 5.74) is 0. The van der Waals surface area contributed by atoms with Crippen LogP contribution >= 0.6 is 31.9 Å². The normalized spacial score (nSPS) is 46.0. The molecular weight excluding hydrogens is 244 g/mol. The van der Waals surface area contributed by atoms with Crippen molar-refractivity contribution in [1.29, 1.82) is 0 Å². The summed E-state index contributed by atoms with van der Waals surface area (Å²) >= 11 is 7.39. The van der Waals surface area contributed by atoms with E-state index >= 15 is 0 Å². The first-order valence-electron chi connectivity index (χ1n) is 3.61. The van der Waals surface area contributed by atoms with Crippen molar-refractivity contribution in [2.24, 2.45) is 11.8 Å². The molecule has 0 aromatic heterocycles. The van der Waals surface area contributed by atoms with Crippen LogP contribution in [0.4, 0.5) is 0 Å². The molecule has 0 unspecified atom stereocenters. The summed E-state index contributed by atoms with van der Waals surface area (Å²) in [5.74, 6) is 1.90. The number of hydrogen-bond donors (Lipinski definition) is 0. The van der Waals surface area contributed by atoms with Crippen LogP contribution < -0.4 is 0 Å². The first kappa shape index (κ1) is 6.66. The summed E-state index contributed by atoms with van der Waals surface area (Å²) in [6.07, 6.45) is 5.75. The smallest absolute Gasteiger partial charge is 0.0721 e. The van der Waals surface area contributed by atoms with Crippen molar-refractivity contribution in [3.63, 3.8) is 0 Å². The SMILES string of the molecule is BrC1(Br)[C@@H]2CCCC[C@H]21. The predicted octanol–water partition coefficient (Wildman–Crippen LogP) is 3.29. The van der Waals surface area contributed by atoms with Crippen LogP contribution in [0, 0.1) is 11.8 Å². The van der Waals surface area contributed by atoms with Crippen molar-refractivity contribution in [2.75, 3.05) is 0 Å². The van der Waals surface area contributed by atoms with E-state index in [2.05, 4.69) is 31.9 Å². The van der Waals surface area contributed by atoms with Gasteiger partial charge in [-0.05, 0) is 24.7 Å². The van der Waals surface area contributed by atoms with E-state index in [4.69, 9.17) is 0 Å². The van der Waals surface area contributed by atoms with Crippen LogP contribution in [0.1, 0.15) is 25.7 Å². The number of fused-ring (bicyclic) bond motifs is 1. The maximum Gasteiger partial charge on any atom is 0.0868 e. The van der Waals surface area contributed by atoms with Crippen LogP contribution in [0.25, 0.3) is 0 Å². The monoisotopic (exact) mass is 252 g/mol. The van der Waals surface area contributed by atoms with Crippen LogP contribution in [0.2, 0.25) is 0 Å². The Morgan fingerprint density at radius 2 is 1.44 bits per heavy atom. The molecule has 0 N–H and O–H groups in total. The van der Waals surface area contributed by atoms with E-state index in [-0.39, 0.29) is 0 Å². The lowest BCUT2D eigenvalue weighted by molar-refractivity contribution is 0.480. The van der Waals surface area contributed by atoms with Gasteiger partial charge in [-0.25, -0.2) is 0 Å². The Labute approximate surface area is 72.7 Å². The molecule has 2 rings (SSSR count). The summed E-state index contributed by atoms with van der Waals surface area (Å²) in [5, 5.41) is 0. The summed E-state index contributed by atoms with van der Waals surface area (Å²) < 4.78 is 0.372. The van der Waals surface area contributed by atoms with Crippen LogP contribution in [0.5, 0.6) is 0 Å². The minimum absolute atomic E-state index is 0.372. The molecule has 0 aromatic carbocycles. The van der Waals surface area contributed by atoms with Crippen molar-refractivity contribution >= 4 is 31.9 Å². The molecule has 0 spiro atoms. The average molecular weight is 254 g/mol. The third-order valence-electron chi connectivity index (χ3n) is 2.65. The molecule has 0 radical (unpaired) electrons. The first-order chi connectivity index (χ1) is 4.23. The fourth-order valence-corrected chi connectivity index (χ4v) is 3.90. The summed E-state index contributed by atoms with van der Waals surface area (Å²) in [4.78, 5) is 0. The van der Waals surface area contributed by atoms with Crippen molar-refractivity contribution in [1.82, 2.24) is 0 Å². The van der Waals surface area contributed by atoms with E-state index in [1.807, 2.05) is 0 Å². The van der Waals surface area contributed by atoms with Gasteiger partial charge in [-0.15, -0.1) is 0 Å². The molecule has 9 heavy (non-hydrogen) atoms. The molecule has 2 aliphatic carbocycles. The minimum atomic E-state index is 0.372. The van der Waals surface area contributed by atoms with E-state index in [0.717, 1.165) is 11.8 Å². The summed E-state index contributed by atoms with van der Waals surface area (Å²) in [7, 11) is 0. The van der Waals surface area contributed by atoms with Crippen molar-refractivity contribution in [2.45, 2.75) is 28.9 Å². The second kappa shape index (κ2) is 1.97. The van der Waals surface area contributed by atoms with E-state index < -0.39 is 0 Å². The lowest BCUT2D eigenvalue weighted by Gasteiger charge is -2.04. The highest BCUT2D eigenvalue weighted by Gasteiger charge is 2.61. The lowest BCUT2D eigenvalue weighted by atomic mass is 10.0. The highest BCUT2D eigenvalue weighted by atomic mass is 79.9. The second-order valence-electron chi connectivity index (χ2n) is 3.17. The van der Waals surface area contributed by atoms with Gasteiger partial charge in [0, 0.05) is 0 Å². The molecule has 2 aliphatic rings. The molecule has 2 atom stereocenters. The molecule has 0 nitrogen and oxygen atoms in total. The number of rotatable bonds is 0. The minimum Gasteiger partial charge on any atom is -0.0721 e. The van der Waals surface area contributed by atoms with E-state index in [0.29, 0.717) is 3.23 Å². The number of halogens is 2. The molecular formula is C7H10Br2. The quantitative estimate of drug-likeness (QED) is 0.582. The zero-order valence-corrected chi connectivity index (χ0v) is 8.41. The Kier molecular flexibility index (Phi) is 1.46. The Morgan fingerprint density at radius 1 is 1.00 bits per heavy atom. The van der Waals surface area contributed by atoms with Crippen LogP contribution in [-0.2, 0) is 0 Å². The largest absolute Gasteiger partial charge is 0.0868 e. The molecule has 52 valence electrons. The van der Waals surface area contributed by atoms with Crippen molar-refractivity contribution in [3.8, 4) is 0 Å². The van der Waals surface area contributed by atoms with Gasteiger partial charge in [0.2, 0.25) is 0 Å². The van der Waals surface area contributed by atoms with Gasteiger partial charge < -0.3 is 0 Å². The Bertz CT molecular complexity index is 117. The zero-order chi connectivity index (χ0) is 6.48. The van der Waals surface area contributed by atoms with Gasteiger partial charge in [-0.3, -0.25) is 0 Å². The molecule has 0 aromatic rings. The molecule has 2 saturated carbocycles. The number of hydrogen-bond acceptors (Lipinski definition) is 0. The topological polar surface area (TPSA) is 0 Å². The molecule has 2 fully saturated rings. The maximum absolute atomic E-state index is 3.70. The van der Waals surface area contributed by atoms with E-state index in [9.17, 15) is 0 Å². The summed E-state index contributed by atoms with van der Waals surface area (Å²) in [6, 6.07) is 0. The summed E-state index contributed by atoms with van der Waals surface area (Å²) in [6.45, 7) is 0. The molecule has 0 aliphatic heterocycles. The van der Waals surface area contributed by atoms with Gasteiger partial charge in [0.05, 0.1) is 3.23 Å². The Morgan fingerprint density at radius 3 is 1.78 bits per heavy atom. The second-order valence-corrected chi connectivity index (χ2v) is 6.86. The first-order valence-corrected chi connectivity index (χ1v) is 5.19. The standard InChI is InChI=1S/C7H10Br2/c8-7(9)5-3-1-2-4-6(5)7/h5-6H,1-4H2/t5-,6-/m1/s1. The van der Waals surface area contributed by atoms with Gasteiger partial charge in [-0.1, -0.05) is 44.7 Å². The Hall–Kier alpha value is 0.960. The third kappa shape index (κ3) is 0.900. The van der Waals surface area contributed by atoms with E-state index in [1.54, 1.807) is 0 Å². The van der Waals surface area contributed by atoms with Crippen molar-refractivity contribution in [3.05, 3.63) is 0 Å². The van der Waals surface area contributed by atoms with Gasteiger partial charge in [-0.2, -0.15) is 0 Å². The lowest BCUT2D eigenvalue weighted by Crippen LogP contribution is -1.91. The van der Waals surface area contributed by atoms with Crippen molar-refractivity contribution < 1.29 is 0 Å². The Balaban J connectivity index is 2.06.